The van der Waals surface area contributed by atoms with Gasteiger partial charge in [0.05, 0.1) is 0 Å². The molecule has 0 spiro atoms. The smallest absolute Gasteiger partial charge is 0.129 e. The number of Topliss-reactive ketones (excluding diaryl/α,β-unsaturated/α-hetero) is 1. The average Bonchev–Trinajstić information content (AvgIpc) is 2.49. The quantitative estimate of drug-likeness (QED) is 0.640. The van der Waals surface area contributed by atoms with Crippen molar-refractivity contribution in [3.05, 3.63) is 22.4 Å². The number of thiophene rings is 1. The number of ketones is 1. The Bertz CT molecular complexity index is 226. The summed E-state index contributed by atoms with van der Waals surface area (Å²) in [5, 5.41) is 2.10. The summed E-state index contributed by atoms with van der Waals surface area (Å²) in [7, 11) is 0. The van der Waals surface area contributed by atoms with Gasteiger partial charge in [0.15, 0.2) is 0 Å². The van der Waals surface area contributed by atoms with E-state index in [1.54, 1.807) is 18.3 Å². The molecule has 0 amide bonds. The maximum atomic E-state index is 10.6. The van der Waals surface area contributed by atoms with Gasteiger partial charge in [0.2, 0.25) is 0 Å². The molecule has 2 heteroatoms. The molecule has 0 fully saturated rings. The van der Waals surface area contributed by atoms with Crippen LogP contribution >= 0.6 is 11.3 Å². The summed E-state index contributed by atoms with van der Waals surface area (Å²) in [4.78, 5) is 12.0. The molecule has 0 saturated heterocycles. The standard InChI is InChI=1S/C10H14OS/c1-9(11)5-2-3-6-10-7-4-8-12-10/h4,7-8H,2-3,5-6H2,1H3. The van der Waals surface area contributed by atoms with E-state index >= 15 is 0 Å². The lowest BCUT2D eigenvalue weighted by Crippen LogP contribution is -1.90. The summed E-state index contributed by atoms with van der Waals surface area (Å²) in [6, 6.07) is 4.23. The summed E-state index contributed by atoms with van der Waals surface area (Å²) in [5.41, 5.74) is 0. The molecule has 0 saturated carbocycles. The van der Waals surface area contributed by atoms with Crippen molar-refractivity contribution in [3.8, 4) is 0 Å². The van der Waals surface area contributed by atoms with Crippen LogP contribution in [0.25, 0.3) is 0 Å². The van der Waals surface area contributed by atoms with Crippen LogP contribution < -0.4 is 0 Å². The summed E-state index contributed by atoms with van der Waals surface area (Å²) >= 11 is 1.80. The van der Waals surface area contributed by atoms with Crippen LogP contribution in [0.4, 0.5) is 0 Å². The molecular weight excluding hydrogens is 168 g/mol. The van der Waals surface area contributed by atoms with Crippen LogP contribution in [0.3, 0.4) is 0 Å². The van der Waals surface area contributed by atoms with E-state index in [2.05, 4.69) is 17.5 Å². The highest BCUT2D eigenvalue weighted by molar-refractivity contribution is 7.09. The van der Waals surface area contributed by atoms with Crippen molar-refractivity contribution in [1.82, 2.24) is 0 Å². The van der Waals surface area contributed by atoms with Crippen molar-refractivity contribution in [2.45, 2.75) is 32.6 Å². The molecule has 0 radical (unpaired) electrons. The molecule has 0 aromatic carbocycles. The Morgan fingerprint density at radius 3 is 2.92 bits per heavy atom. The highest BCUT2D eigenvalue weighted by atomic mass is 32.1. The number of unbranched alkanes of at least 4 members (excludes halogenated alkanes) is 1. The van der Waals surface area contributed by atoms with Crippen LogP contribution in [0.5, 0.6) is 0 Å². The second-order valence-electron chi connectivity index (χ2n) is 2.99. The van der Waals surface area contributed by atoms with Gasteiger partial charge in [-0.2, -0.15) is 0 Å². The van der Waals surface area contributed by atoms with Gasteiger partial charge in [0, 0.05) is 11.3 Å². The summed E-state index contributed by atoms with van der Waals surface area (Å²) < 4.78 is 0. The predicted octanol–water partition coefficient (Wildman–Crippen LogP) is 3.05. The van der Waals surface area contributed by atoms with Gasteiger partial charge in [-0.3, -0.25) is 0 Å². The Hall–Kier alpha value is -0.630. The second kappa shape index (κ2) is 5.09. The number of hydrogen-bond acceptors (Lipinski definition) is 2. The minimum atomic E-state index is 0.307. The predicted molar refractivity (Wildman–Crippen MR) is 52.6 cm³/mol. The Kier molecular flexibility index (Phi) is 4.01. The van der Waals surface area contributed by atoms with Gasteiger partial charge >= 0.3 is 0 Å². The van der Waals surface area contributed by atoms with Crippen LogP contribution in [-0.2, 0) is 11.2 Å². The van der Waals surface area contributed by atoms with E-state index in [1.165, 1.54) is 4.88 Å². The van der Waals surface area contributed by atoms with Crippen molar-refractivity contribution in [2.24, 2.45) is 0 Å². The topological polar surface area (TPSA) is 17.1 Å². The molecule has 0 unspecified atom stereocenters. The number of aryl methyl sites for hydroxylation is 1. The van der Waals surface area contributed by atoms with E-state index < -0.39 is 0 Å². The van der Waals surface area contributed by atoms with Crippen molar-refractivity contribution in [2.75, 3.05) is 0 Å². The average molecular weight is 182 g/mol. The first-order valence-corrected chi connectivity index (χ1v) is 5.19. The van der Waals surface area contributed by atoms with Crippen molar-refractivity contribution in [1.29, 1.82) is 0 Å². The zero-order chi connectivity index (χ0) is 8.81. The lowest BCUT2D eigenvalue weighted by molar-refractivity contribution is -0.117. The third-order valence-electron chi connectivity index (χ3n) is 1.78. The van der Waals surface area contributed by atoms with E-state index in [0.717, 1.165) is 25.7 Å². The van der Waals surface area contributed by atoms with Gasteiger partial charge in [-0.05, 0) is 37.6 Å². The first kappa shape index (κ1) is 9.46. The minimum absolute atomic E-state index is 0.307. The largest absolute Gasteiger partial charge is 0.300 e. The van der Waals surface area contributed by atoms with E-state index in [0.29, 0.717) is 5.78 Å². The normalized spacial score (nSPS) is 10.1. The van der Waals surface area contributed by atoms with E-state index in [1.807, 2.05) is 0 Å². The van der Waals surface area contributed by atoms with Crippen LogP contribution in [0.2, 0.25) is 0 Å². The van der Waals surface area contributed by atoms with Crippen LogP contribution in [0.15, 0.2) is 17.5 Å². The first-order chi connectivity index (χ1) is 5.79. The molecule has 1 nitrogen and oxygen atoms in total. The summed E-state index contributed by atoms with van der Waals surface area (Å²) in [5.74, 6) is 0.307. The second-order valence-corrected chi connectivity index (χ2v) is 4.02. The van der Waals surface area contributed by atoms with Gasteiger partial charge in [-0.15, -0.1) is 11.3 Å². The maximum Gasteiger partial charge on any atom is 0.129 e. The fraction of sp³-hybridized carbons (Fsp3) is 0.500. The molecule has 0 atom stereocenters. The van der Waals surface area contributed by atoms with Crippen molar-refractivity contribution in [3.63, 3.8) is 0 Å². The summed E-state index contributed by atoms with van der Waals surface area (Å²) in [6.07, 6.45) is 4.05. The monoisotopic (exact) mass is 182 g/mol. The SMILES string of the molecule is CC(=O)CCCCc1cccs1. The molecule has 0 N–H and O–H groups in total. The molecule has 0 bridgehead atoms. The number of rotatable bonds is 5. The third-order valence-corrected chi connectivity index (χ3v) is 2.72. The molecule has 1 rings (SSSR count). The zero-order valence-electron chi connectivity index (χ0n) is 7.38. The van der Waals surface area contributed by atoms with Gasteiger partial charge in [0.25, 0.3) is 0 Å². The van der Waals surface area contributed by atoms with E-state index in [-0.39, 0.29) is 0 Å². The number of hydrogen-bond donors (Lipinski definition) is 0. The van der Waals surface area contributed by atoms with Gasteiger partial charge in [0.1, 0.15) is 5.78 Å². The number of carbonyl (C=O) groups excluding carboxylic acids is 1. The Morgan fingerprint density at radius 1 is 1.50 bits per heavy atom. The van der Waals surface area contributed by atoms with E-state index in [4.69, 9.17) is 0 Å². The third kappa shape index (κ3) is 3.67. The lowest BCUT2D eigenvalue weighted by Gasteiger charge is -1.95. The fourth-order valence-electron chi connectivity index (χ4n) is 1.13. The van der Waals surface area contributed by atoms with E-state index in [9.17, 15) is 4.79 Å². The molecular formula is C10H14OS. The van der Waals surface area contributed by atoms with Crippen LogP contribution in [0.1, 0.15) is 31.1 Å². The Labute approximate surface area is 77.4 Å². The first-order valence-electron chi connectivity index (χ1n) is 4.31. The Balaban J connectivity index is 2.07. The molecule has 0 aliphatic rings. The molecule has 66 valence electrons. The van der Waals surface area contributed by atoms with Gasteiger partial charge in [-0.1, -0.05) is 6.07 Å². The molecule has 1 aromatic rings. The highest BCUT2D eigenvalue weighted by Crippen LogP contribution is 2.12. The lowest BCUT2D eigenvalue weighted by atomic mass is 10.1. The molecule has 0 aliphatic heterocycles. The van der Waals surface area contributed by atoms with Gasteiger partial charge in [-0.25, -0.2) is 0 Å². The maximum absolute atomic E-state index is 10.6. The molecule has 1 heterocycles. The minimum Gasteiger partial charge on any atom is -0.300 e. The number of carbonyl (C=O) groups is 1. The van der Waals surface area contributed by atoms with Crippen LogP contribution in [0, 0.1) is 0 Å². The highest BCUT2D eigenvalue weighted by Gasteiger charge is 1.95. The van der Waals surface area contributed by atoms with Crippen molar-refractivity contribution < 1.29 is 4.79 Å². The Morgan fingerprint density at radius 2 is 2.33 bits per heavy atom. The fourth-order valence-corrected chi connectivity index (χ4v) is 1.88. The van der Waals surface area contributed by atoms with Gasteiger partial charge < -0.3 is 4.79 Å². The summed E-state index contributed by atoms with van der Waals surface area (Å²) in [6.45, 7) is 1.66. The molecule has 1 aromatic heterocycles. The van der Waals surface area contributed by atoms with Crippen LogP contribution in [-0.4, -0.2) is 5.78 Å². The van der Waals surface area contributed by atoms with Crippen molar-refractivity contribution >= 4 is 17.1 Å². The molecule has 12 heavy (non-hydrogen) atoms. The zero-order valence-corrected chi connectivity index (χ0v) is 8.19. The molecule has 0 aliphatic carbocycles.